The number of nitrogens with one attached hydrogen (secondary N) is 1. The van der Waals surface area contributed by atoms with Gasteiger partial charge in [0, 0.05) is 31.2 Å². The SMILES string of the molecule is Cc1ccc(O)c(CNCC(C)Cn2ccnc2)n1. The first kappa shape index (κ1) is 13.5. The molecule has 2 heterocycles. The summed E-state index contributed by atoms with van der Waals surface area (Å²) in [5.41, 5.74) is 1.62. The molecule has 0 amide bonds. The van der Waals surface area contributed by atoms with Crippen molar-refractivity contribution in [2.45, 2.75) is 26.9 Å². The fourth-order valence-electron chi connectivity index (χ4n) is 1.99. The van der Waals surface area contributed by atoms with E-state index in [4.69, 9.17) is 0 Å². The van der Waals surface area contributed by atoms with Gasteiger partial charge in [-0.1, -0.05) is 6.92 Å². The lowest BCUT2D eigenvalue weighted by Gasteiger charge is -2.13. The lowest BCUT2D eigenvalue weighted by atomic mass is 10.2. The second-order valence-corrected chi connectivity index (χ2v) is 4.91. The summed E-state index contributed by atoms with van der Waals surface area (Å²) in [6, 6.07) is 3.49. The maximum atomic E-state index is 9.69. The average Bonchev–Trinajstić information content (AvgIpc) is 2.86. The van der Waals surface area contributed by atoms with Gasteiger partial charge in [-0.05, 0) is 31.5 Å². The van der Waals surface area contributed by atoms with Gasteiger partial charge < -0.3 is 15.0 Å². The molecule has 0 saturated heterocycles. The highest BCUT2D eigenvalue weighted by Crippen LogP contribution is 2.14. The third kappa shape index (κ3) is 4.06. The number of hydrogen-bond acceptors (Lipinski definition) is 4. The molecule has 0 spiro atoms. The predicted molar refractivity (Wildman–Crippen MR) is 73.7 cm³/mol. The first-order valence-corrected chi connectivity index (χ1v) is 6.47. The first-order valence-electron chi connectivity index (χ1n) is 6.47. The number of pyridine rings is 1. The summed E-state index contributed by atoms with van der Waals surface area (Å²) < 4.78 is 2.06. The number of nitrogens with zero attached hydrogens (tertiary/aromatic N) is 3. The summed E-state index contributed by atoms with van der Waals surface area (Å²) in [6.07, 6.45) is 5.57. The van der Waals surface area contributed by atoms with Gasteiger partial charge in [0.25, 0.3) is 0 Å². The largest absolute Gasteiger partial charge is 0.506 e. The lowest BCUT2D eigenvalue weighted by Crippen LogP contribution is -2.24. The Morgan fingerprint density at radius 2 is 2.26 bits per heavy atom. The minimum atomic E-state index is 0.250. The van der Waals surface area contributed by atoms with E-state index in [0.29, 0.717) is 18.2 Å². The molecule has 0 bridgehead atoms. The molecule has 102 valence electrons. The molecule has 0 fully saturated rings. The molecule has 0 aromatic carbocycles. The van der Waals surface area contributed by atoms with Gasteiger partial charge in [-0.2, -0.15) is 0 Å². The van der Waals surface area contributed by atoms with Crippen LogP contribution in [0.1, 0.15) is 18.3 Å². The van der Waals surface area contributed by atoms with E-state index in [1.54, 1.807) is 18.3 Å². The molecule has 2 aromatic rings. The fraction of sp³-hybridized carbons (Fsp3) is 0.429. The summed E-state index contributed by atoms with van der Waals surface area (Å²) in [4.78, 5) is 8.34. The molecule has 1 atom stereocenters. The van der Waals surface area contributed by atoms with Crippen molar-refractivity contribution >= 4 is 0 Å². The Labute approximate surface area is 113 Å². The van der Waals surface area contributed by atoms with Crippen LogP contribution < -0.4 is 5.32 Å². The smallest absolute Gasteiger partial charge is 0.138 e. The van der Waals surface area contributed by atoms with E-state index < -0.39 is 0 Å². The number of imidazole rings is 1. The van der Waals surface area contributed by atoms with E-state index in [2.05, 4.69) is 26.8 Å². The molecule has 1 unspecified atom stereocenters. The highest BCUT2D eigenvalue weighted by molar-refractivity contribution is 5.27. The molecule has 2 N–H and O–H groups in total. The fourth-order valence-corrected chi connectivity index (χ4v) is 1.99. The third-order valence-electron chi connectivity index (χ3n) is 2.96. The number of aromatic nitrogens is 3. The molecule has 0 radical (unpaired) electrons. The van der Waals surface area contributed by atoms with Gasteiger partial charge in [-0.3, -0.25) is 4.98 Å². The van der Waals surface area contributed by atoms with Gasteiger partial charge in [-0.25, -0.2) is 4.98 Å². The molecular formula is C14H20N4O. The van der Waals surface area contributed by atoms with E-state index in [-0.39, 0.29) is 5.75 Å². The van der Waals surface area contributed by atoms with Crippen LogP contribution in [0.4, 0.5) is 0 Å². The Morgan fingerprint density at radius 1 is 1.42 bits per heavy atom. The zero-order valence-electron chi connectivity index (χ0n) is 11.4. The van der Waals surface area contributed by atoms with Crippen LogP contribution in [0.3, 0.4) is 0 Å². The number of aromatic hydroxyl groups is 1. The van der Waals surface area contributed by atoms with Crippen molar-refractivity contribution < 1.29 is 5.11 Å². The quantitative estimate of drug-likeness (QED) is 0.830. The summed E-state index contributed by atoms with van der Waals surface area (Å²) in [5.74, 6) is 0.738. The van der Waals surface area contributed by atoms with Crippen LogP contribution >= 0.6 is 0 Å². The van der Waals surface area contributed by atoms with Crippen molar-refractivity contribution in [1.29, 1.82) is 0 Å². The number of aryl methyl sites for hydroxylation is 1. The topological polar surface area (TPSA) is 63.0 Å². The highest BCUT2D eigenvalue weighted by atomic mass is 16.3. The normalized spacial score (nSPS) is 12.5. The molecule has 19 heavy (non-hydrogen) atoms. The summed E-state index contributed by atoms with van der Waals surface area (Å²) in [5, 5.41) is 13.0. The van der Waals surface area contributed by atoms with Gasteiger partial charge in [0.15, 0.2) is 0 Å². The summed E-state index contributed by atoms with van der Waals surface area (Å²) in [7, 11) is 0. The van der Waals surface area contributed by atoms with E-state index in [1.807, 2.05) is 19.4 Å². The zero-order chi connectivity index (χ0) is 13.7. The van der Waals surface area contributed by atoms with Crippen LogP contribution in [-0.2, 0) is 13.1 Å². The van der Waals surface area contributed by atoms with E-state index in [9.17, 15) is 5.11 Å². The van der Waals surface area contributed by atoms with Crippen molar-refractivity contribution in [3.05, 3.63) is 42.2 Å². The molecule has 2 aromatic heterocycles. The maximum Gasteiger partial charge on any atom is 0.138 e. The van der Waals surface area contributed by atoms with Crippen LogP contribution in [0.15, 0.2) is 30.9 Å². The van der Waals surface area contributed by atoms with Crippen LogP contribution in [0.25, 0.3) is 0 Å². The molecule has 0 aliphatic heterocycles. The molecule has 0 saturated carbocycles. The van der Waals surface area contributed by atoms with Crippen molar-refractivity contribution in [3.8, 4) is 5.75 Å². The van der Waals surface area contributed by atoms with Gasteiger partial charge in [0.05, 0.1) is 12.0 Å². The molecule has 0 aliphatic rings. The predicted octanol–water partition coefficient (Wildman–Crippen LogP) is 1.72. The lowest BCUT2D eigenvalue weighted by molar-refractivity contribution is 0.431. The third-order valence-corrected chi connectivity index (χ3v) is 2.96. The average molecular weight is 260 g/mol. The van der Waals surface area contributed by atoms with Gasteiger partial charge in [0.2, 0.25) is 0 Å². The summed E-state index contributed by atoms with van der Waals surface area (Å²) in [6.45, 7) is 6.48. The molecule has 0 aliphatic carbocycles. The zero-order valence-corrected chi connectivity index (χ0v) is 11.4. The Balaban J connectivity index is 1.78. The molecule has 5 nitrogen and oxygen atoms in total. The van der Waals surface area contributed by atoms with E-state index in [0.717, 1.165) is 18.8 Å². The molecular weight excluding hydrogens is 240 g/mol. The monoisotopic (exact) mass is 260 g/mol. The molecule has 5 heteroatoms. The molecule has 2 rings (SSSR count). The van der Waals surface area contributed by atoms with Gasteiger partial charge >= 0.3 is 0 Å². The van der Waals surface area contributed by atoms with Crippen LogP contribution in [0.5, 0.6) is 5.75 Å². The second kappa shape index (κ2) is 6.33. The van der Waals surface area contributed by atoms with Crippen molar-refractivity contribution in [1.82, 2.24) is 19.9 Å². The Morgan fingerprint density at radius 3 is 3.00 bits per heavy atom. The van der Waals surface area contributed by atoms with Gasteiger partial charge in [0.1, 0.15) is 5.75 Å². The van der Waals surface area contributed by atoms with E-state index in [1.165, 1.54) is 0 Å². The minimum Gasteiger partial charge on any atom is -0.506 e. The van der Waals surface area contributed by atoms with Gasteiger partial charge in [-0.15, -0.1) is 0 Å². The van der Waals surface area contributed by atoms with Crippen molar-refractivity contribution in [2.75, 3.05) is 6.54 Å². The van der Waals surface area contributed by atoms with Crippen LogP contribution in [-0.4, -0.2) is 26.2 Å². The van der Waals surface area contributed by atoms with Crippen molar-refractivity contribution in [3.63, 3.8) is 0 Å². The van der Waals surface area contributed by atoms with Crippen LogP contribution in [0.2, 0.25) is 0 Å². The van der Waals surface area contributed by atoms with Crippen molar-refractivity contribution in [2.24, 2.45) is 5.92 Å². The standard InChI is InChI=1S/C14H20N4O/c1-11(9-18-6-5-15-10-18)7-16-8-13-14(19)4-3-12(2)17-13/h3-6,10-11,16,19H,7-9H2,1-2H3. The Bertz CT molecular complexity index is 510. The minimum absolute atomic E-state index is 0.250. The maximum absolute atomic E-state index is 9.69. The Hall–Kier alpha value is -1.88. The second-order valence-electron chi connectivity index (χ2n) is 4.91. The first-order chi connectivity index (χ1) is 9.15. The summed E-state index contributed by atoms with van der Waals surface area (Å²) >= 11 is 0. The number of rotatable bonds is 6. The number of hydrogen-bond donors (Lipinski definition) is 2. The Kier molecular flexibility index (Phi) is 4.52. The van der Waals surface area contributed by atoms with E-state index >= 15 is 0 Å². The highest BCUT2D eigenvalue weighted by Gasteiger charge is 2.05. The van der Waals surface area contributed by atoms with Crippen LogP contribution in [0, 0.1) is 12.8 Å².